The maximum absolute atomic E-state index is 12.6. The maximum atomic E-state index is 12.6. The van der Waals surface area contributed by atoms with Crippen molar-refractivity contribution in [3.8, 4) is 11.8 Å². The molecule has 0 aliphatic rings. The number of esters is 1. The molecule has 3 rings (SSSR count). The number of nitrogens with zero attached hydrogens (tertiary/aromatic N) is 1. The highest BCUT2D eigenvalue weighted by Crippen LogP contribution is 2.36. The normalized spacial score (nSPS) is 10.9. The largest absolute Gasteiger partial charge is 0.486 e. The fraction of sp³-hybridized carbons (Fsp3) is 0.115. The second-order valence-electron chi connectivity index (χ2n) is 7.27. The van der Waals surface area contributed by atoms with Gasteiger partial charge in [-0.2, -0.15) is 5.26 Å². The Morgan fingerprint density at radius 1 is 0.944 bits per heavy atom. The summed E-state index contributed by atoms with van der Waals surface area (Å²) in [5, 5.41) is 13.3. The Balaban J connectivity index is 1.72. The van der Waals surface area contributed by atoms with Crippen LogP contribution < -0.4 is 10.1 Å². The molecular weight excluding hydrogens is 546 g/mol. The number of nitriles is 1. The molecule has 0 unspecified atom stereocenters. The third-order valence-electron chi connectivity index (χ3n) is 4.72. The molecule has 36 heavy (non-hydrogen) atoms. The maximum Gasteiger partial charge on any atom is 0.338 e. The van der Waals surface area contributed by atoms with E-state index in [1.807, 2.05) is 6.07 Å². The van der Waals surface area contributed by atoms with Crippen molar-refractivity contribution < 1.29 is 19.1 Å². The molecule has 3 aromatic carbocycles. The average Bonchev–Trinajstić information content (AvgIpc) is 2.84. The van der Waals surface area contributed by atoms with Crippen molar-refractivity contribution >= 4 is 70.0 Å². The molecule has 10 heteroatoms. The highest BCUT2D eigenvalue weighted by molar-refractivity contribution is 6.42. The Morgan fingerprint density at radius 2 is 1.61 bits per heavy atom. The molecule has 3 aromatic rings. The van der Waals surface area contributed by atoms with E-state index >= 15 is 0 Å². The molecule has 6 nitrogen and oxygen atoms in total. The van der Waals surface area contributed by atoms with Crippen LogP contribution in [-0.2, 0) is 16.1 Å². The first-order valence-corrected chi connectivity index (χ1v) is 12.0. The summed E-state index contributed by atoms with van der Waals surface area (Å²) in [6, 6.07) is 16.1. The van der Waals surface area contributed by atoms with E-state index in [4.69, 9.17) is 55.9 Å². The van der Waals surface area contributed by atoms with Crippen LogP contribution in [-0.4, -0.2) is 18.5 Å². The van der Waals surface area contributed by atoms with Crippen LogP contribution in [0.3, 0.4) is 0 Å². The number of ether oxygens (including phenoxy) is 2. The first-order valence-electron chi connectivity index (χ1n) is 10.5. The molecule has 1 amide bonds. The minimum absolute atomic E-state index is 0.145. The van der Waals surface area contributed by atoms with Gasteiger partial charge >= 0.3 is 5.97 Å². The summed E-state index contributed by atoms with van der Waals surface area (Å²) in [4.78, 5) is 24.4. The van der Waals surface area contributed by atoms with Gasteiger partial charge in [0.25, 0.3) is 5.91 Å². The van der Waals surface area contributed by atoms with Crippen molar-refractivity contribution in [1.29, 1.82) is 5.26 Å². The second-order valence-corrected chi connectivity index (χ2v) is 8.90. The zero-order valence-electron chi connectivity index (χ0n) is 18.8. The predicted octanol–water partition coefficient (Wildman–Crippen LogP) is 7.60. The Morgan fingerprint density at radius 3 is 2.19 bits per heavy atom. The van der Waals surface area contributed by atoms with Gasteiger partial charge in [-0.25, -0.2) is 4.79 Å². The summed E-state index contributed by atoms with van der Waals surface area (Å²) in [5.41, 5.74) is 1.75. The van der Waals surface area contributed by atoms with Gasteiger partial charge in [0.2, 0.25) is 0 Å². The van der Waals surface area contributed by atoms with Gasteiger partial charge in [-0.15, -0.1) is 0 Å². The SMILES string of the molecule is CCOC(=O)c1ccc(NC(=O)/C(C#N)=C/c2cc(Cl)c(OCc3ccc(Cl)c(Cl)c3)c(Cl)c2)cc1. The molecule has 0 aliphatic heterocycles. The highest BCUT2D eigenvalue weighted by Gasteiger charge is 2.14. The molecule has 184 valence electrons. The molecule has 0 atom stereocenters. The van der Waals surface area contributed by atoms with Gasteiger partial charge in [0.05, 0.1) is 32.3 Å². The van der Waals surface area contributed by atoms with Gasteiger partial charge in [-0.3, -0.25) is 4.79 Å². The average molecular weight is 564 g/mol. The number of hydrogen-bond donors (Lipinski definition) is 1. The predicted molar refractivity (Wildman–Crippen MR) is 142 cm³/mol. The van der Waals surface area contributed by atoms with Crippen molar-refractivity contribution in [1.82, 2.24) is 0 Å². The van der Waals surface area contributed by atoms with Gasteiger partial charge in [-0.1, -0.05) is 52.5 Å². The fourth-order valence-corrected chi connectivity index (χ4v) is 3.94. The number of amides is 1. The molecular formula is C26H18Cl4N2O4. The summed E-state index contributed by atoms with van der Waals surface area (Å²) < 4.78 is 10.7. The van der Waals surface area contributed by atoms with Gasteiger partial charge in [-0.05, 0) is 72.7 Å². The van der Waals surface area contributed by atoms with Crippen LogP contribution in [0.1, 0.15) is 28.4 Å². The van der Waals surface area contributed by atoms with Crippen LogP contribution in [0.4, 0.5) is 5.69 Å². The van der Waals surface area contributed by atoms with E-state index in [0.717, 1.165) is 5.56 Å². The number of rotatable bonds is 8. The lowest BCUT2D eigenvalue weighted by atomic mass is 10.1. The van der Waals surface area contributed by atoms with E-state index in [0.29, 0.717) is 26.9 Å². The van der Waals surface area contributed by atoms with Crippen LogP contribution in [0, 0.1) is 11.3 Å². The number of halogens is 4. The van der Waals surface area contributed by atoms with E-state index in [1.165, 1.54) is 42.5 Å². The molecule has 0 saturated carbocycles. The highest BCUT2D eigenvalue weighted by atomic mass is 35.5. The third-order valence-corrected chi connectivity index (χ3v) is 6.02. The summed E-state index contributed by atoms with van der Waals surface area (Å²) >= 11 is 24.6. The van der Waals surface area contributed by atoms with Crippen molar-refractivity contribution in [2.75, 3.05) is 11.9 Å². The van der Waals surface area contributed by atoms with Crippen molar-refractivity contribution in [3.05, 3.63) is 97.0 Å². The quantitative estimate of drug-likeness (QED) is 0.173. The minimum Gasteiger partial charge on any atom is -0.486 e. The first-order chi connectivity index (χ1) is 17.2. The van der Waals surface area contributed by atoms with Gasteiger partial charge in [0.15, 0.2) is 5.75 Å². The molecule has 0 aromatic heterocycles. The summed E-state index contributed by atoms with van der Waals surface area (Å²) in [7, 11) is 0. The smallest absolute Gasteiger partial charge is 0.338 e. The van der Waals surface area contributed by atoms with Gasteiger partial charge in [0, 0.05) is 5.69 Å². The molecule has 0 saturated heterocycles. The van der Waals surface area contributed by atoms with E-state index < -0.39 is 11.9 Å². The van der Waals surface area contributed by atoms with Crippen molar-refractivity contribution in [2.45, 2.75) is 13.5 Å². The van der Waals surface area contributed by atoms with Crippen LogP contribution in [0.5, 0.6) is 5.75 Å². The zero-order valence-corrected chi connectivity index (χ0v) is 21.8. The zero-order chi connectivity index (χ0) is 26.2. The first kappa shape index (κ1) is 27.4. The molecule has 1 N–H and O–H groups in total. The Hall–Kier alpha value is -3.21. The Bertz CT molecular complexity index is 1340. The van der Waals surface area contributed by atoms with Crippen LogP contribution >= 0.6 is 46.4 Å². The van der Waals surface area contributed by atoms with E-state index in [-0.39, 0.29) is 34.6 Å². The van der Waals surface area contributed by atoms with E-state index in [9.17, 15) is 14.9 Å². The Labute approximate surface area is 227 Å². The Kier molecular flexibility index (Phi) is 9.63. The third kappa shape index (κ3) is 7.16. The number of carbonyl (C=O) groups is 2. The molecule has 0 heterocycles. The van der Waals surface area contributed by atoms with E-state index in [1.54, 1.807) is 25.1 Å². The lowest BCUT2D eigenvalue weighted by Gasteiger charge is -2.12. The summed E-state index contributed by atoms with van der Waals surface area (Å²) in [5.74, 6) is -0.870. The monoisotopic (exact) mass is 562 g/mol. The fourth-order valence-electron chi connectivity index (χ4n) is 3.00. The second kappa shape index (κ2) is 12.7. The summed E-state index contributed by atoms with van der Waals surface area (Å²) in [6.07, 6.45) is 1.35. The molecule has 0 aliphatic carbocycles. The number of carbonyl (C=O) groups excluding carboxylic acids is 2. The molecule has 0 radical (unpaired) electrons. The number of nitrogens with one attached hydrogen (secondary N) is 1. The number of benzene rings is 3. The standard InChI is InChI=1S/C26H18Cl4N2O4/c1-2-35-26(34)17-4-6-19(7-5-17)32-25(33)18(13-31)9-16-11-22(29)24(23(30)12-16)36-14-15-3-8-20(27)21(28)10-15/h3-12H,2,14H2,1H3,(H,32,33)/b18-9+. The molecule has 0 spiro atoms. The number of hydrogen-bond acceptors (Lipinski definition) is 5. The van der Waals surface area contributed by atoms with Gasteiger partial charge in [0.1, 0.15) is 18.2 Å². The molecule has 0 bridgehead atoms. The van der Waals surface area contributed by atoms with Crippen LogP contribution in [0.2, 0.25) is 20.1 Å². The topological polar surface area (TPSA) is 88.4 Å². The summed E-state index contributed by atoms with van der Waals surface area (Å²) in [6.45, 7) is 2.11. The number of anilines is 1. The lowest BCUT2D eigenvalue weighted by Crippen LogP contribution is -2.13. The van der Waals surface area contributed by atoms with Crippen LogP contribution in [0.15, 0.2) is 60.2 Å². The van der Waals surface area contributed by atoms with Crippen LogP contribution in [0.25, 0.3) is 6.08 Å². The van der Waals surface area contributed by atoms with E-state index in [2.05, 4.69) is 5.32 Å². The molecule has 0 fully saturated rings. The van der Waals surface area contributed by atoms with Gasteiger partial charge < -0.3 is 14.8 Å². The van der Waals surface area contributed by atoms with Crippen molar-refractivity contribution in [2.24, 2.45) is 0 Å². The minimum atomic E-state index is -0.645. The lowest BCUT2D eigenvalue weighted by molar-refractivity contribution is -0.112. The van der Waals surface area contributed by atoms with Crippen molar-refractivity contribution in [3.63, 3.8) is 0 Å².